The van der Waals surface area contributed by atoms with Gasteiger partial charge in [0.25, 0.3) is 10.0 Å². The molecule has 0 spiro atoms. The molecule has 0 saturated carbocycles. The molecule has 25 heavy (non-hydrogen) atoms. The molecule has 0 aromatic heterocycles. The van der Waals surface area contributed by atoms with E-state index in [0.29, 0.717) is 27.1 Å². The molecule has 0 aliphatic carbocycles. The van der Waals surface area contributed by atoms with Gasteiger partial charge in [-0.2, -0.15) is 13.5 Å². The maximum absolute atomic E-state index is 12.4. The Morgan fingerprint density at radius 1 is 1.12 bits per heavy atom. The highest BCUT2D eigenvalue weighted by Gasteiger charge is 2.16. The molecular formula is C17H19BrN2O4S. The highest BCUT2D eigenvalue weighted by Crippen LogP contribution is 2.36. The first-order chi connectivity index (χ1) is 11.8. The topological polar surface area (TPSA) is 77.0 Å². The first-order valence-electron chi connectivity index (χ1n) is 7.32. The molecule has 0 aliphatic heterocycles. The fraction of sp³-hybridized carbons (Fsp3) is 0.235. The van der Waals surface area contributed by atoms with E-state index in [4.69, 9.17) is 9.47 Å². The van der Waals surface area contributed by atoms with Gasteiger partial charge in [-0.3, -0.25) is 0 Å². The van der Waals surface area contributed by atoms with Crippen LogP contribution in [0.25, 0.3) is 0 Å². The van der Waals surface area contributed by atoms with Crippen LogP contribution in [0.2, 0.25) is 0 Å². The van der Waals surface area contributed by atoms with Crippen LogP contribution in [0.5, 0.6) is 11.5 Å². The van der Waals surface area contributed by atoms with E-state index < -0.39 is 10.0 Å². The maximum Gasteiger partial charge on any atom is 0.276 e. The van der Waals surface area contributed by atoms with Crippen molar-refractivity contribution < 1.29 is 17.9 Å². The third-order valence-electron chi connectivity index (χ3n) is 3.51. The Morgan fingerprint density at radius 2 is 1.84 bits per heavy atom. The number of hydrogen-bond donors (Lipinski definition) is 1. The number of benzene rings is 2. The van der Waals surface area contributed by atoms with Crippen molar-refractivity contribution in [2.24, 2.45) is 5.10 Å². The van der Waals surface area contributed by atoms with Crippen LogP contribution in [-0.4, -0.2) is 28.9 Å². The summed E-state index contributed by atoms with van der Waals surface area (Å²) in [6.07, 6.45) is 1.40. The lowest BCUT2D eigenvalue weighted by atomic mass is 10.2. The number of rotatable bonds is 6. The molecule has 0 amide bonds. The van der Waals surface area contributed by atoms with Gasteiger partial charge in [-0.1, -0.05) is 17.7 Å². The van der Waals surface area contributed by atoms with Gasteiger partial charge in [0.05, 0.1) is 29.8 Å². The lowest BCUT2D eigenvalue weighted by Gasteiger charge is -2.11. The van der Waals surface area contributed by atoms with Crippen LogP contribution in [0, 0.1) is 13.8 Å². The Labute approximate surface area is 156 Å². The van der Waals surface area contributed by atoms with E-state index in [1.807, 2.05) is 13.0 Å². The minimum Gasteiger partial charge on any atom is -0.493 e. The minimum absolute atomic E-state index is 0.196. The number of aryl methyl sites for hydroxylation is 2. The van der Waals surface area contributed by atoms with Gasteiger partial charge < -0.3 is 9.47 Å². The molecule has 0 saturated heterocycles. The number of nitrogens with one attached hydrogen (secondary N) is 1. The lowest BCUT2D eigenvalue weighted by Crippen LogP contribution is -2.19. The second-order valence-corrected chi connectivity index (χ2v) is 7.75. The smallest absolute Gasteiger partial charge is 0.276 e. The van der Waals surface area contributed by atoms with Crippen LogP contribution in [0.15, 0.2) is 44.8 Å². The van der Waals surface area contributed by atoms with Gasteiger partial charge in [-0.05, 0) is 53.5 Å². The van der Waals surface area contributed by atoms with Gasteiger partial charge >= 0.3 is 0 Å². The Kier molecular flexibility index (Phi) is 6.07. The molecule has 6 nitrogen and oxygen atoms in total. The van der Waals surface area contributed by atoms with Crippen molar-refractivity contribution in [2.75, 3.05) is 14.2 Å². The van der Waals surface area contributed by atoms with Crippen LogP contribution in [-0.2, 0) is 10.0 Å². The molecular weight excluding hydrogens is 408 g/mol. The zero-order valence-corrected chi connectivity index (χ0v) is 16.7. The normalized spacial score (nSPS) is 11.6. The standard InChI is InChI=1S/C17H19BrN2O4S/c1-11-5-8-15(12(2)9-11)25(21,22)20-19-10-13-6-7-14(23-3)17(24-4)16(13)18/h5-10,20H,1-4H3/b19-10+. The van der Waals surface area contributed by atoms with Gasteiger partial charge in [0.2, 0.25) is 0 Å². The third kappa shape index (κ3) is 4.32. The SMILES string of the molecule is COc1ccc(/C=N/NS(=O)(=O)c2ccc(C)cc2C)c(Br)c1OC. The molecule has 2 aromatic carbocycles. The number of nitrogens with zero attached hydrogens (tertiary/aromatic N) is 1. The van der Waals surface area contributed by atoms with Crippen molar-refractivity contribution >= 4 is 32.2 Å². The largest absolute Gasteiger partial charge is 0.493 e. The number of sulfonamides is 1. The zero-order valence-electron chi connectivity index (χ0n) is 14.3. The lowest BCUT2D eigenvalue weighted by molar-refractivity contribution is 0.353. The fourth-order valence-corrected chi connectivity index (χ4v) is 3.93. The van der Waals surface area contributed by atoms with E-state index in [-0.39, 0.29) is 4.90 Å². The third-order valence-corrected chi connectivity index (χ3v) is 5.71. The van der Waals surface area contributed by atoms with E-state index in [1.54, 1.807) is 31.2 Å². The fourth-order valence-electron chi connectivity index (χ4n) is 2.32. The molecule has 2 aromatic rings. The summed E-state index contributed by atoms with van der Waals surface area (Å²) in [5.74, 6) is 1.06. The number of hydrogen-bond acceptors (Lipinski definition) is 5. The number of methoxy groups -OCH3 is 2. The van der Waals surface area contributed by atoms with Crippen molar-refractivity contribution in [3.05, 3.63) is 51.5 Å². The first kappa shape index (κ1) is 19.3. The summed E-state index contributed by atoms with van der Waals surface area (Å²) in [6.45, 7) is 3.65. The number of halogens is 1. The monoisotopic (exact) mass is 426 g/mol. The highest BCUT2D eigenvalue weighted by atomic mass is 79.9. The van der Waals surface area contributed by atoms with Gasteiger partial charge in [0.1, 0.15) is 0 Å². The van der Waals surface area contributed by atoms with Crippen molar-refractivity contribution in [1.29, 1.82) is 0 Å². The molecule has 2 rings (SSSR count). The van der Waals surface area contributed by atoms with E-state index in [9.17, 15) is 8.42 Å². The molecule has 0 fully saturated rings. The van der Waals surface area contributed by atoms with E-state index >= 15 is 0 Å². The number of hydrazone groups is 1. The Balaban J connectivity index is 2.26. The highest BCUT2D eigenvalue weighted by molar-refractivity contribution is 9.10. The minimum atomic E-state index is -3.74. The van der Waals surface area contributed by atoms with Crippen LogP contribution in [0.1, 0.15) is 16.7 Å². The molecule has 0 aliphatic rings. The Bertz CT molecular complexity index is 911. The van der Waals surface area contributed by atoms with Crippen molar-refractivity contribution in [3.8, 4) is 11.5 Å². The van der Waals surface area contributed by atoms with Crippen molar-refractivity contribution in [3.63, 3.8) is 0 Å². The van der Waals surface area contributed by atoms with E-state index in [0.717, 1.165) is 5.56 Å². The zero-order chi connectivity index (χ0) is 18.6. The predicted octanol–water partition coefficient (Wildman–Crippen LogP) is 3.40. The average Bonchev–Trinajstić information content (AvgIpc) is 2.55. The van der Waals surface area contributed by atoms with E-state index in [1.165, 1.54) is 20.4 Å². The molecule has 0 radical (unpaired) electrons. The van der Waals surface area contributed by atoms with Gasteiger partial charge in [0, 0.05) is 5.56 Å². The molecule has 0 unspecified atom stereocenters. The summed E-state index contributed by atoms with van der Waals surface area (Å²) < 4.78 is 35.9. The first-order valence-corrected chi connectivity index (χ1v) is 9.60. The second kappa shape index (κ2) is 7.88. The molecule has 8 heteroatoms. The van der Waals surface area contributed by atoms with Crippen LogP contribution in [0.3, 0.4) is 0 Å². The molecule has 0 heterocycles. The van der Waals surface area contributed by atoms with Crippen LogP contribution < -0.4 is 14.3 Å². The average molecular weight is 427 g/mol. The summed E-state index contributed by atoms with van der Waals surface area (Å²) in [6, 6.07) is 8.57. The summed E-state index contributed by atoms with van der Waals surface area (Å²) in [7, 11) is -0.680. The van der Waals surface area contributed by atoms with E-state index in [2.05, 4.69) is 25.9 Å². The van der Waals surface area contributed by atoms with Gasteiger partial charge in [-0.15, -0.1) is 0 Å². The van der Waals surface area contributed by atoms with Crippen LogP contribution >= 0.6 is 15.9 Å². The molecule has 0 bridgehead atoms. The van der Waals surface area contributed by atoms with Gasteiger partial charge in [-0.25, -0.2) is 4.83 Å². The molecule has 134 valence electrons. The molecule has 1 N–H and O–H groups in total. The molecule has 0 atom stereocenters. The Morgan fingerprint density at radius 3 is 2.44 bits per heavy atom. The number of ether oxygens (including phenoxy) is 2. The second-order valence-electron chi connectivity index (χ2n) is 5.33. The van der Waals surface area contributed by atoms with Gasteiger partial charge in [0.15, 0.2) is 11.5 Å². The summed E-state index contributed by atoms with van der Waals surface area (Å²) in [4.78, 5) is 2.42. The quantitative estimate of drug-likeness (QED) is 0.567. The Hall–Kier alpha value is -2.06. The summed E-state index contributed by atoms with van der Waals surface area (Å²) in [5, 5.41) is 3.86. The maximum atomic E-state index is 12.4. The van der Waals surface area contributed by atoms with Crippen molar-refractivity contribution in [1.82, 2.24) is 4.83 Å². The summed E-state index contributed by atoms with van der Waals surface area (Å²) in [5.41, 5.74) is 2.30. The predicted molar refractivity (Wildman–Crippen MR) is 101 cm³/mol. The summed E-state index contributed by atoms with van der Waals surface area (Å²) >= 11 is 3.40. The van der Waals surface area contributed by atoms with Crippen LogP contribution in [0.4, 0.5) is 0 Å². The van der Waals surface area contributed by atoms with Crippen molar-refractivity contribution in [2.45, 2.75) is 18.7 Å².